The van der Waals surface area contributed by atoms with E-state index in [4.69, 9.17) is 4.74 Å². The highest BCUT2D eigenvalue weighted by molar-refractivity contribution is 9.10. The molecule has 7 nitrogen and oxygen atoms in total. The molecule has 0 aliphatic rings. The Morgan fingerprint density at radius 3 is 2.44 bits per heavy atom. The molecule has 0 aromatic heterocycles. The zero-order valence-electron chi connectivity index (χ0n) is 13.9. The van der Waals surface area contributed by atoms with Crippen LogP contribution in [0.15, 0.2) is 45.8 Å². The van der Waals surface area contributed by atoms with E-state index in [0.29, 0.717) is 15.8 Å². The number of benzene rings is 2. The quantitative estimate of drug-likeness (QED) is 0.514. The second kappa shape index (κ2) is 7.40. The predicted molar refractivity (Wildman–Crippen MR) is 98.7 cm³/mol. The molecule has 0 saturated heterocycles. The SMILES string of the molecule is CCN(c1cc([N+](=O)[O-])ccc1C)S(=O)(=O)c1ccc(OC)c(Br)c1. The van der Waals surface area contributed by atoms with Gasteiger partial charge in [0.2, 0.25) is 0 Å². The van der Waals surface area contributed by atoms with Crippen LogP contribution >= 0.6 is 15.9 Å². The number of methoxy groups -OCH3 is 1. The van der Waals surface area contributed by atoms with E-state index in [-0.39, 0.29) is 22.8 Å². The molecule has 0 spiro atoms. The van der Waals surface area contributed by atoms with Crippen LogP contribution in [0, 0.1) is 17.0 Å². The number of ether oxygens (including phenoxy) is 1. The molecule has 2 rings (SSSR count). The van der Waals surface area contributed by atoms with E-state index in [1.807, 2.05) is 0 Å². The topological polar surface area (TPSA) is 89.8 Å². The number of anilines is 1. The molecule has 25 heavy (non-hydrogen) atoms. The highest BCUT2D eigenvalue weighted by Crippen LogP contribution is 2.33. The lowest BCUT2D eigenvalue weighted by atomic mass is 10.2. The summed E-state index contributed by atoms with van der Waals surface area (Å²) in [5.41, 5.74) is 0.748. The van der Waals surface area contributed by atoms with Gasteiger partial charge in [-0.1, -0.05) is 6.07 Å². The van der Waals surface area contributed by atoms with E-state index >= 15 is 0 Å². The average Bonchev–Trinajstić information content (AvgIpc) is 2.56. The maximum Gasteiger partial charge on any atom is 0.271 e. The van der Waals surface area contributed by atoms with Gasteiger partial charge in [0.15, 0.2) is 0 Å². The van der Waals surface area contributed by atoms with Gasteiger partial charge < -0.3 is 4.74 Å². The Morgan fingerprint density at radius 2 is 1.92 bits per heavy atom. The minimum atomic E-state index is -3.89. The van der Waals surface area contributed by atoms with Gasteiger partial charge in [-0.05, 0) is 53.5 Å². The number of sulfonamides is 1. The summed E-state index contributed by atoms with van der Waals surface area (Å²) in [6, 6.07) is 8.59. The van der Waals surface area contributed by atoms with Gasteiger partial charge in [-0.25, -0.2) is 8.42 Å². The Balaban J connectivity index is 2.58. The number of rotatable bonds is 6. The van der Waals surface area contributed by atoms with Crippen LogP contribution < -0.4 is 9.04 Å². The third kappa shape index (κ3) is 3.77. The summed E-state index contributed by atoms with van der Waals surface area (Å²) >= 11 is 3.27. The lowest BCUT2D eigenvalue weighted by molar-refractivity contribution is -0.384. The fraction of sp³-hybridized carbons (Fsp3) is 0.250. The Labute approximate surface area is 154 Å². The van der Waals surface area contributed by atoms with E-state index in [1.165, 1.54) is 37.4 Å². The molecule has 0 N–H and O–H groups in total. The molecule has 0 fully saturated rings. The number of nitro benzene ring substituents is 1. The van der Waals surface area contributed by atoms with Crippen molar-refractivity contribution >= 4 is 37.3 Å². The molecule has 134 valence electrons. The van der Waals surface area contributed by atoms with Crippen molar-refractivity contribution in [2.75, 3.05) is 18.0 Å². The van der Waals surface area contributed by atoms with Crippen LogP contribution in [0.4, 0.5) is 11.4 Å². The van der Waals surface area contributed by atoms with Gasteiger partial charge in [-0.3, -0.25) is 14.4 Å². The fourth-order valence-corrected chi connectivity index (χ4v) is 4.63. The number of nitro groups is 1. The summed E-state index contributed by atoms with van der Waals surface area (Å²) in [6.45, 7) is 3.52. The first-order chi connectivity index (χ1) is 11.7. The Morgan fingerprint density at radius 1 is 1.24 bits per heavy atom. The van der Waals surface area contributed by atoms with Crippen molar-refractivity contribution in [3.63, 3.8) is 0 Å². The maximum atomic E-state index is 13.0. The third-order valence-electron chi connectivity index (χ3n) is 3.67. The smallest absolute Gasteiger partial charge is 0.271 e. The van der Waals surface area contributed by atoms with Gasteiger partial charge in [0.1, 0.15) is 5.75 Å². The summed E-state index contributed by atoms with van der Waals surface area (Å²) in [5.74, 6) is 0.508. The van der Waals surface area contributed by atoms with Gasteiger partial charge >= 0.3 is 0 Å². The molecule has 2 aromatic carbocycles. The van der Waals surface area contributed by atoms with Crippen LogP contribution in [0.1, 0.15) is 12.5 Å². The van der Waals surface area contributed by atoms with Crippen LogP contribution in [0.5, 0.6) is 5.75 Å². The number of halogens is 1. The molecular weight excluding hydrogens is 412 g/mol. The third-order valence-corrected chi connectivity index (χ3v) is 6.18. The number of hydrogen-bond donors (Lipinski definition) is 0. The summed E-state index contributed by atoms with van der Waals surface area (Å²) in [6.07, 6.45) is 0. The fourth-order valence-electron chi connectivity index (χ4n) is 2.38. The Hall–Kier alpha value is -2.13. The first-order valence-corrected chi connectivity index (χ1v) is 9.57. The normalized spacial score (nSPS) is 11.2. The van der Waals surface area contributed by atoms with Crippen LogP contribution in [0.25, 0.3) is 0 Å². The van der Waals surface area contributed by atoms with Crippen LogP contribution in [-0.4, -0.2) is 27.0 Å². The highest BCUT2D eigenvalue weighted by Gasteiger charge is 2.27. The number of aryl methyl sites for hydroxylation is 1. The lowest BCUT2D eigenvalue weighted by Crippen LogP contribution is -2.31. The van der Waals surface area contributed by atoms with Gasteiger partial charge in [0, 0.05) is 18.7 Å². The predicted octanol–water partition coefficient (Wildman–Crippen LogP) is 3.89. The lowest BCUT2D eigenvalue weighted by Gasteiger charge is -2.24. The number of nitrogens with zero attached hydrogens (tertiary/aromatic N) is 2. The van der Waals surface area contributed by atoms with Crippen molar-refractivity contribution in [2.24, 2.45) is 0 Å². The summed E-state index contributed by atoms with van der Waals surface area (Å²) in [5, 5.41) is 11.0. The Bertz CT molecular complexity index is 915. The molecule has 0 aliphatic heterocycles. The standard InChI is InChI=1S/C16H17BrN2O5S/c1-4-18(15-9-12(19(20)21)6-5-11(15)2)25(22,23)13-7-8-16(24-3)14(17)10-13/h5-10H,4H2,1-3H3. The molecule has 0 bridgehead atoms. The number of hydrogen-bond acceptors (Lipinski definition) is 5. The molecule has 0 aliphatic carbocycles. The van der Waals surface area contributed by atoms with Crippen LogP contribution in [-0.2, 0) is 10.0 Å². The minimum absolute atomic E-state index is 0.0629. The van der Waals surface area contributed by atoms with E-state index < -0.39 is 14.9 Å². The van der Waals surface area contributed by atoms with E-state index in [2.05, 4.69) is 15.9 Å². The van der Waals surface area contributed by atoms with Crippen molar-refractivity contribution in [3.05, 3.63) is 56.5 Å². The molecule has 9 heteroatoms. The van der Waals surface area contributed by atoms with Crippen molar-refractivity contribution in [2.45, 2.75) is 18.7 Å². The summed E-state index contributed by atoms with van der Waals surface area (Å²) < 4.78 is 32.9. The average molecular weight is 429 g/mol. The zero-order valence-corrected chi connectivity index (χ0v) is 16.3. The molecule has 0 atom stereocenters. The minimum Gasteiger partial charge on any atom is -0.496 e. The van der Waals surface area contributed by atoms with Gasteiger partial charge in [-0.2, -0.15) is 0 Å². The molecular formula is C16H17BrN2O5S. The molecule has 2 aromatic rings. The first-order valence-electron chi connectivity index (χ1n) is 7.33. The van der Waals surface area contributed by atoms with Gasteiger partial charge in [0.25, 0.3) is 15.7 Å². The molecule has 0 unspecified atom stereocenters. The van der Waals surface area contributed by atoms with Crippen molar-refractivity contribution in [3.8, 4) is 5.75 Å². The van der Waals surface area contributed by atoms with Crippen molar-refractivity contribution < 1.29 is 18.1 Å². The summed E-state index contributed by atoms with van der Waals surface area (Å²) in [7, 11) is -2.41. The summed E-state index contributed by atoms with van der Waals surface area (Å²) in [4.78, 5) is 10.5. The largest absolute Gasteiger partial charge is 0.496 e. The molecule has 0 heterocycles. The van der Waals surface area contributed by atoms with Crippen molar-refractivity contribution in [1.82, 2.24) is 0 Å². The highest BCUT2D eigenvalue weighted by atomic mass is 79.9. The number of non-ortho nitro benzene ring substituents is 1. The van der Waals surface area contributed by atoms with E-state index in [0.717, 1.165) is 4.31 Å². The monoisotopic (exact) mass is 428 g/mol. The van der Waals surface area contributed by atoms with E-state index in [9.17, 15) is 18.5 Å². The van der Waals surface area contributed by atoms with Gasteiger partial charge in [0.05, 0.1) is 27.1 Å². The zero-order chi connectivity index (χ0) is 18.8. The van der Waals surface area contributed by atoms with Crippen LogP contribution in [0.2, 0.25) is 0 Å². The molecule has 0 radical (unpaired) electrons. The molecule has 0 saturated carbocycles. The second-order valence-electron chi connectivity index (χ2n) is 5.19. The Kier molecular flexibility index (Phi) is 5.69. The maximum absolute atomic E-state index is 13.0. The van der Waals surface area contributed by atoms with E-state index in [1.54, 1.807) is 19.9 Å². The van der Waals surface area contributed by atoms with Gasteiger partial charge in [-0.15, -0.1) is 0 Å². The second-order valence-corrected chi connectivity index (χ2v) is 7.91. The van der Waals surface area contributed by atoms with Crippen molar-refractivity contribution in [1.29, 1.82) is 0 Å². The van der Waals surface area contributed by atoms with Crippen LogP contribution in [0.3, 0.4) is 0 Å². The first kappa shape index (κ1) is 19.2. The molecule has 0 amide bonds.